The maximum atomic E-state index is 12.5. The molecule has 172 valence electrons. The van der Waals surface area contributed by atoms with Crippen LogP contribution in [-0.4, -0.2) is 39.1 Å². The van der Waals surface area contributed by atoms with Gasteiger partial charge in [0, 0.05) is 6.07 Å². The number of aliphatic carboxylic acids is 1. The zero-order valence-corrected chi connectivity index (χ0v) is 18.8. The molecule has 0 spiro atoms. The molecule has 0 radical (unpaired) electrons. The largest absolute Gasteiger partial charge is 0.477 e. The van der Waals surface area contributed by atoms with E-state index < -0.39 is 18.0 Å². The second-order valence-corrected chi connectivity index (χ2v) is 8.91. The summed E-state index contributed by atoms with van der Waals surface area (Å²) in [6, 6.07) is 21.3. The molecule has 3 atom stereocenters. The summed E-state index contributed by atoms with van der Waals surface area (Å²) in [7, 11) is 0. The maximum Gasteiger partial charge on any atom is 0.352 e. The fraction of sp³-hybridized carbons (Fsp3) is 0.222. The van der Waals surface area contributed by atoms with Crippen LogP contribution < -0.4 is 10.3 Å². The van der Waals surface area contributed by atoms with Crippen LogP contribution in [0.4, 0.5) is 5.82 Å². The van der Waals surface area contributed by atoms with Gasteiger partial charge < -0.3 is 15.1 Å². The number of carbonyl (C=O) groups is 2. The summed E-state index contributed by atoms with van der Waals surface area (Å²) in [6.07, 6.45) is 1.55. The number of nitrogens with two attached hydrogens (primary N) is 1. The van der Waals surface area contributed by atoms with Crippen molar-refractivity contribution in [2.45, 2.75) is 32.0 Å². The number of carboxylic acids is 1. The first-order valence-electron chi connectivity index (χ1n) is 11.3. The molecule has 2 aliphatic heterocycles. The first-order valence-corrected chi connectivity index (χ1v) is 11.3. The Morgan fingerprint density at radius 1 is 1.09 bits per heavy atom. The third-order valence-electron chi connectivity index (χ3n) is 6.76. The highest BCUT2D eigenvalue weighted by molar-refractivity contribution is 6.06. The molecule has 1 saturated heterocycles. The molecule has 1 aromatic heterocycles. The Morgan fingerprint density at radius 2 is 1.82 bits per heavy atom. The lowest BCUT2D eigenvalue weighted by atomic mass is 9.82. The van der Waals surface area contributed by atoms with Crippen molar-refractivity contribution in [1.82, 2.24) is 4.90 Å². The van der Waals surface area contributed by atoms with Gasteiger partial charge in [0.25, 0.3) is 5.82 Å². The number of nitrogen functional groups attached to an aromatic ring is 1. The number of hydrogen-bond donors (Lipinski definition) is 3. The van der Waals surface area contributed by atoms with E-state index in [0.717, 1.165) is 22.3 Å². The highest BCUT2D eigenvalue weighted by Crippen LogP contribution is 2.47. The summed E-state index contributed by atoms with van der Waals surface area (Å²) in [4.78, 5) is 25.9. The van der Waals surface area contributed by atoms with E-state index in [4.69, 9.17) is 5.73 Å². The van der Waals surface area contributed by atoms with Gasteiger partial charge in [-0.05, 0) is 53.3 Å². The van der Waals surface area contributed by atoms with Crippen LogP contribution in [0.25, 0.3) is 16.7 Å². The highest BCUT2D eigenvalue weighted by Gasteiger charge is 2.56. The Hall–Kier alpha value is -3.97. The molecular formula is C27H26N3O4+. The third-order valence-corrected chi connectivity index (χ3v) is 6.76. The second kappa shape index (κ2) is 8.43. The number of carboxylic acid groups (broad SMARTS) is 1. The minimum absolute atomic E-state index is 0.0249. The van der Waals surface area contributed by atoms with E-state index in [1.807, 2.05) is 65.4 Å². The van der Waals surface area contributed by atoms with Gasteiger partial charge in [0.15, 0.2) is 0 Å². The van der Waals surface area contributed by atoms with Gasteiger partial charge in [0.05, 0.1) is 24.3 Å². The average molecular weight is 457 g/mol. The molecule has 7 heteroatoms. The number of β-lactam (4-membered cyclic amide) rings is 1. The van der Waals surface area contributed by atoms with E-state index >= 15 is 0 Å². The molecule has 4 N–H and O–H groups in total. The van der Waals surface area contributed by atoms with Gasteiger partial charge in [-0.15, -0.1) is 0 Å². The first-order chi connectivity index (χ1) is 16.3. The van der Waals surface area contributed by atoms with Crippen LogP contribution in [0, 0.1) is 5.92 Å². The smallest absolute Gasteiger partial charge is 0.352 e. The van der Waals surface area contributed by atoms with E-state index in [1.165, 1.54) is 4.90 Å². The maximum absolute atomic E-state index is 12.5. The van der Waals surface area contributed by atoms with Gasteiger partial charge in [-0.2, -0.15) is 0 Å². The van der Waals surface area contributed by atoms with Crippen molar-refractivity contribution in [3.63, 3.8) is 0 Å². The molecule has 0 aliphatic carbocycles. The zero-order valence-electron chi connectivity index (χ0n) is 18.8. The monoisotopic (exact) mass is 456 g/mol. The van der Waals surface area contributed by atoms with E-state index in [0.29, 0.717) is 24.4 Å². The minimum atomic E-state index is -1.12. The lowest BCUT2D eigenvalue weighted by Gasteiger charge is -2.44. The van der Waals surface area contributed by atoms with Crippen LogP contribution in [-0.2, 0) is 16.1 Å². The number of nitrogens with zero attached hydrogens (tertiary/aromatic N) is 2. The summed E-state index contributed by atoms with van der Waals surface area (Å²) in [5, 5.41) is 19.8. The van der Waals surface area contributed by atoms with E-state index in [9.17, 15) is 19.8 Å². The third kappa shape index (κ3) is 3.64. The molecule has 3 heterocycles. The molecule has 2 aromatic carbocycles. The van der Waals surface area contributed by atoms with Gasteiger partial charge in [0.2, 0.25) is 5.91 Å². The van der Waals surface area contributed by atoms with Crippen LogP contribution in [0.1, 0.15) is 24.5 Å². The highest BCUT2D eigenvalue weighted by atomic mass is 16.4. The summed E-state index contributed by atoms with van der Waals surface area (Å²) >= 11 is 0. The van der Waals surface area contributed by atoms with Gasteiger partial charge >= 0.3 is 5.97 Å². The van der Waals surface area contributed by atoms with Crippen molar-refractivity contribution in [3.05, 3.63) is 89.8 Å². The molecule has 0 bridgehead atoms. The van der Waals surface area contributed by atoms with Crippen LogP contribution in [0.2, 0.25) is 0 Å². The molecule has 3 aromatic rings. The summed E-state index contributed by atoms with van der Waals surface area (Å²) in [6.45, 7) is 2.24. The summed E-state index contributed by atoms with van der Waals surface area (Å²) in [5.74, 6) is -1.31. The van der Waals surface area contributed by atoms with E-state index in [1.54, 1.807) is 6.92 Å². The molecule has 0 saturated carbocycles. The standard InChI is InChI=1S/C27H25N3O4/c1-16(31)24-22-14-21(25(27(33)34)30(22)26(24)32)20-6-4-5-19(13-20)18-10-8-17(9-11-18)15-29-12-3-2-7-23(29)28/h2-13,16,22,24,28,31H,14-15H2,1H3,(H,33,34)/p+1/t16-,22+,24+/m0/s1. The van der Waals surface area contributed by atoms with Crippen LogP contribution in [0.5, 0.6) is 0 Å². The quantitative estimate of drug-likeness (QED) is 0.391. The molecule has 2 aliphatic rings. The van der Waals surface area contributed by atoms with Crippen LogP contribution >= 0.6 is 0 Å². The number of aromatic nitrogens is 1. The van der Waals surface area contributed by atoms with Crippen molar-refractivity contribution < 1.29 is 24.4 Å². The normalized spacial score (nSPS) is 20.2. The summed E-state index contributed by atoms with van der Waals surface area (Å²) < 4.78 is 1.97. The lowest BCUT2D eigenvalue weighted by molar-refractivity contribution is -0.674. The average Bonchev–Trinajstić information content (AvgIpc) is 3.16. The second-order valence-electron chi connectivity index (χ2n) is 8.91. The predicted molar refractivity (Wildman–Crippen MR) is 127 cm³/mol. The Labute approximate surface area is 197 Å². The number of benzene rings is 2. The number of aliphatic hydroxyl groups excluding tert-OH is 1. The van der Waals surface area contributed by atoms with E-state index in [2.05, 4.69) is 12.1 Å². The Balaban J connectivity index is 1.43. The Bertz CT molecular complexity index is 1310. The number of pyridine rings is 1. The first kappa shape index (κ1) is 21.9. The van der Waals surface area contributed by atoms with Gasteiger partial charge in [-0.1, -0.05) is 48.5 Å². The predicted octanol–water partition coefficient (Wildman–Crippen LogP) is 2.68. The van der Waals surface area contributed by atoms with Crippen LogP contribution in [0.15, 0.2) is 78.6 Å². The Morgan fingerprint density at radius 3 is 2.50 bits per heavy atom. The lowest BCUT2D eigenvalue weighted by Crippen LogP contribution is -2.61. The van der Waals surface area contributed by atoms with Crippen molar-refractivity contribution in [1.29, 1.82) is 0 Å². The van der Waals surface area contributed by atoms with Gasteiger partial charge in [-0.3, -0.25) is 10.5 Å². The number of fused-ring (bicyclic) bond motifs is 1. The molecule has 1 fully saturated rings. The summed E-state index contributed by atoms with van der Waals surface area (Å²) in [5.41, 5.74) is 10.5. The van der Waals surface area contributed by atoms with Gasteiger partial charge in [-0.25, -0.2) is 9.36 Å². The van der Waals surface area contributed by atoms with Crippen LogP contribution in [0.3, 0.4) is 0 Å². The number of rotatable bonds is 6. The molecular weight excluding hydrogens is 430 g/mol. The molecule has 1 amide bonds. The topological polar surface area (TPSA) is 108 Å². The van der Waals surface area contributed by atoms with Crippen molar-refractivity contribution in [2.75, 3.05) is 5.73 Å². The van der Waals surface area contributed by atoms with Gasteiger partial charge in [0.1, 0.15) is 12.2 Å². The zero-order chi connectivity index (χ0) is 24.0. The molecule has 34 heavy (non-hydrogen) atoms. The van der Waals surface area contributed by atoms with E-state index in [-0.39, 0.29) is 17.6 Å². The van der Waals surface area contributed by atoms with Crippen molar-refractivity contribution in [2.24, 2.45) is 5.92 Å². The number of carbonyl (C=O) groups excluding carboxylic acids is 1. The molecule has 5 rings (SSSR count). The van der Waals surface area contributed by atoms with Crippen molar-refractivity contribution >= 4 is 23.3 Å². The SMILES string of the molecule is C[C@H](O)[C@H]1C(=O)N2C(C(=O)O)=C(c3cccc(-c4ccc(C[n+]5ccccc5N)cc4)c3)C[C@H]12. The Kier molecular flexibility index (Phi) is 5.42. The van der Waals surface area contributed by atoms with Crippen molar-refractivity contribution in [3.8, 4) is 11.1 Å². The number of hydrogen-bond acceptors (Lipinski definition) is 4. The molecule has 7 nitrogen and oxygen atoms in total. The molecule has 0 unspecified atom stereocenters. The fourth-order valence-corrected chi connectivity index (χ4v) is 5.05. The number of anilines is 1. The number of aliphatic hydroxyl groups is 1. The fourth-order valence-electron chi connectivity index (χ4n) is 5.05. The number of amides is 1. The minimum Gasteiger partial charge on any atom is -0.477 e.